The summed E-state index contributed by atoms with van der Waals surface area (Å²) in [5, 5.41) is 0. The van der Waals surface area contributed by atoms with Gasteiger partial charge in [-0.3, -0.25) is 0 Å². The van der Waals surface area contributed by atoms with Gasteiger partial charge in [-0.2, -0.15) is 0 Å². The molecule has 0 rings (SSSR count). The van der Waals surface area contributed by atoms with E-state index in [1.165, 1.54) is 12.8 Å². The first-order chi connectivity index (χ1) is 5.56. The number of rotatable bonds is 5. The zero-order valence-corrected chi connectivity index (χ0v) is 10.2. The molecule has 0 fully saturated rings. The highest BCUT2D eigenvalue weighted by molar-refractivity contribution is 5.00. The monoisotopic (exact) mass is 205 g/mol. The third-order valence-corrected chi connectivity index (χ3v) is 2.55. The quantitative estimate of drug-likeness (QED) is 0.581. The van der Waals surface area contributed by atoms with Crippen molar-refractivity contribution < 1.29 is 18.1 Å². The van der Waals surface area contributed by atoms with Crippen LogP contribution in [0, 0.1) is 5.92 Å². The van der Waals surface area contributed by atoms with Gasteiger partial charge < -0.3 is 18.1 Å². The standard InChI is InChI=1S/C11H23N.ClH/c1-5-7-9-11(12,8-6-2)10(3)4;/h7,9-10H,5-6,8,12H2,1-4H3;1H/b9-7+;. The molecule has 0 aromatic carbocycles. The summed E-state index contributed by atoms with van der Waals surface area (Å²) in [5.41, 5.74) is 4.48. The van der Waals surface area contributed by atoms with Gasteiger partial charge in [0, 0.05) is 12.3 Å². The van der Waals surface area contributed by atoms with E-state index in [4.69, 9.17) is 0 Å². The minimum atomic E-state index is 0. The minimum absolute atomic E-state index is 0. The van der Waals surface area contributed by atoms with Crippen molar-refractivity contribution in [2.24, 2.45) is 5.92 Å². The van der Waals surface area contributed by atoms with E-state index in [1.54, 1.807) is 0 Å². The summed E-state index contributed by atoms with van der Waals surface area (Å²) < 4.78 is 0. The van der Waals surface area contributed by atoms with Crippen molar-refractivity contribution in [3.05, 3.63) is 12.2 Å². The Hall–Kier alpha value is -0.0100. The topological polar surface area (TPSA) is 27.6 Å². The van der Waals surface area contributed by atoms with E-state index < -0.39 is 0 Å². The van der Waals surface area contributed by atoms with Crippen molar-refractivity contribution in [3.8, 4) is 0 Å². The van der Waals surface area contributed by atoms with Gasteiger partial charge in [-0.1, -0.05) is 33.8 Å². The van der Waals surface area contributed by atoms with Crippen molar-refractivity contribution in [1.82, 2.24) is 0 Å². The molecule has 80 valence electrons. The lowest BCUT2D eigenvalue weighted by molar-refractivity contribution is -0.473. The molecule has 0 amide bonds. The molecule has 0 radical (unpaired) electrons. The predicted octanol–water partition coefficient (Wildman–Crippen LogP) is -0.607. The Labute approximate surface area is 89.2 Å². The highest BCUT2D eigenvalue weighted by Crippen LogP contribution is 2.19. The maximum atomic E-state index is 4.31. The summed E-state index contributed by atoms with van der Waals surface area (Å²) in [6.45, 7) is 8.90. The van der Waals surface area contributed by atoms with Crippen LogP contribution in [0.4, 0.5) is 0 Å². The van der Waals surface area contributed by atoms with Crippen molar-refractivity contribution in [2.45, 2.75) is 52.5 Å². The van der Waals surface area contributed by atoms with Crippen LogP contribution in [0.3, 0.4) is 0 Å². The lowest BCUT2D eigenvalue weighted by Gasteiger charge is -2.26. The average molecular weight is 206 g/mol. The predicted molar refractivity (Wildman–Crippen MR) is 54.8 cm³/mol. The SMILES string of the molecule is CC/C=C/C([NH3+])(CCC)C(C)C.[Cl-]. The summed E-state index contributed by atoms with van der Waals surface area (Å²) in [6.07, 6.45) is 8.06. The number of allylic oxidation sites excluding steroid dienone is 1. The highest BCUT2D eigenvalue weighted by atomic mass is 35.5. The third kappa shape index (κ3) is 5.33. The molecular weight excluding hydrogens is 182 g/mol. The molecule has 0 saturated heterocycles. The van der Waals surface area contributed by atoms with Gasteiger partial charge in [0.05, 0.1) is 0 Å². The van der Waals surface area contributed by atoms with Crippen molar-refractivity contribution in [1.29, 1.82) is 0 Å². The second-order valence-corrected chi connectivity index (χ2v) is 3.95. The van der Waals surface area contributed by atoms with Gasteiger partial charge in [0.25, 0.3) is 0 Å². The van der Waals surface area contributed by atoms with Gasteiger partial charge in [-0.15, -0.1) is 0 Å². The Kier molecular flexibility index (Phi) is 8.80. The van der Waals surface area contributed by atoms with Crippen LogP contribution in [0.5, 0.6) is 0 Å². The van der Waals surface area contributed by atoms with Crippen LogP contribution >= 0.6 is 0 Å². The molecule has 0 aromatic heterocycles. The van der Waals surface area contributed by atoms with Gasteiger partial charge in [-0.25, -0.2) is 0 Å². The van der Waals surface area contributed by atoms with Crippen molar-refractivity contribution in [3.63, 3.8) is 0 Å². The molecule has 0 spiro atoms. The maximum Gasteiger partial charge on any atom is 0.115 e. The van der Waals surface area contributed by atoms with E-state index in [0.717, 1.165) is 6.42 Å². The Bertz CT molecular complexity index is 143. The smallest absolute Gasteiger partial charge is 0.115 e. The fourth-order valence-corrected chi connectivity index (χ4v) is 1.38. The number of halogens is 1. The summed E-state index contributed by atoms with van der Waals surface area (Å²) in [6, 6.07) is 0. The second-order valence-electron chi connectivity index (χ2n) is 3.95. The zero-order chi connectivity index (χ0) is 9.61. The fourth-order valence-electron chi connectivity index (χ4n) is 1.38. The molecule has 0 aromatic rings. The molecule has 0 aliphatic heterocycles. The fraction of sp³-hybridized carbons (Fsp3) is 0.818. The van der Waals surface area contributed by atoms with Crippen LogP contribution in [0.15, 0.2) is 12.2 Å². The Balaban J connectivity index is 0. The first-order valence-corrected chi connectivity index (χ1v) is 5.09. The minimum Gasteiger partial charge on any atom is -1.00 e. The molecule has 1 nitrogen and oxygen atoms in total. The van der Waals surface area contributed by atoms with E-state index in [-0.39, 0.29) is 17.9 Å². The molecule has 0 aliphatic rings. The van der Waals surface area contributed by atoms with E-state index >= 15 is 0 Å². The zero-order valence-electron chi connectivity index (χ0n) is 9.44. The summed E-state index contributed by atoms with van der Waals surface area (Å²) >= 11 is 0. The van der Waals surface area contributed by atoms with E-state index in [9.17, 15) is 0 Å². The largest absolute Gasteiger partial charge is 1.00 e. The van der Waals surface area contributed by atoms with Gasteiger partial charge in [0.2, 0.25) is 0 Å². The molecule has 1 unspecified atom stereocenters. The number of quaternary nitrogens is 1. The Morgan fingerprint density at radius 1 is 1.31 bits per heavy atom. The normalized spacial score (nSPS) is 15.8. The average Bonchev–Trinajstić information content (AvgIpc) is 2.01. The third-order valence-electron chi connectivity index (χ3n) is 2.55. The summed E-state index contributed by atoms with van der Waals surface area (Å²) in [4.78, 5) is 0. The number of hydrogen-bond donors (Lipinski definition) is 1. The van der Waals surface area contributed by atoms with Crippen LogP contribution in [-0.4, -0.2) is 5.54 Å². The molecule has 0 aliphatic carbocycles. The molecule has 3 N–H and O–H groups in total. The van der Waals surface area contributed by atoms with Gasteiger partial charge in [-0.05, 0) is 18.9 Å². The lowest BCUT2D eigenvalue weighted by Crippen LogP contribution is -3.00. The molecule has 2 heteroatoms. The van der Waals surface area contributed by atoms with Crippen molar-refractivity contribution in [2.75, 3.05) is 0 Å². The Morgan fingerprint density at radius 2 is 1.85 bits per heavy atom. The first-order valence-electron chi connectivity index (χ1n) is 5.09. The molecule has 0 saturated carbocycles. The van der Waals surface area contributed by atoms with Crippen LogP contribution in [0.1, 0.15) is 47.0 Å². The maximum absolute atomic E-state index is 4.31. The summed E-state index contributed by atoms with van der Waals surface area (Å²) in [5.74, 6) is 0.639. The lowest BCUT2D eigenvalue weighted by atomic mass is 9.83. The molecule has 0 heterocycles. The van der Waals surface area contributed by atoms with Gasteiger partial charge in [0.1, 0.15) is 5.54 Å². The van der Waals surface area contributed by atoms with Crippen LogP contribution < -0.4 is 18.1 Å². The van der Waals surface area contributed by atoms with E-state index in [2.05, 4.69) is 45.6 Å². The van der Waals surface area contributed by atoms with Crippen LogP contribution in [0.2, 0.25) is 0 Å². The van der Waals surface area contributed by atoms with Gasteiger partial charge in [0.15, 0.2) is 0 Å². The first kappa shape index (κ1) is 15.5. The number of hydrogen-bond acceptors (Lipinski definition) is 0. The van der Waals surface area contributed by atoms with Crippen LogP contribution in [-0.2, 0) is 0 Å². The second kappa shape index (κ2) is 7.40. The summed E-state index contributed by atoms with van der Waals surface area (Å²) in [7, 11) is 0. The molecular formula is C11H24ClN. The molecule has 13 heavy (non-hydrogen) atoms. The highest BCUT2D eigenvalue weighted by Gasteiger charge is 2.28. The van der Waals surface area contributed by atoms with Crippen LogP contribution in [0.25, 0.3) is 0 Å². The van der Waals surface area contributed by atoms with Crippen molar-refractivity contribution >= 4 is 0 Å². The Morgan fingerprint density at radius 3 is 2.15 bits per heavy atom. The molecule has 1 atom stereocenters. The van der Waals surface area contributed by atoms with E-state index in [1.807, 2.05) is 0 Å². The van der Waals surface area contributed by atoms with Gasteiger partial charge >= 0.3 is 0 Å². The van der Waals surface area contributed by atoms with E-state index in [0.29, 0.717) is 5.92 Å². The molecule has 0 bridgehead atoms.